The first-order valence-corrected chi connectivity index (χ1v) is 7.44. The topological polar surface area (TPSA) is 66.7 Å². The van der Waals surface area contributed by atoms with Crippen LogP contribution in [-0.4, -0.2) is 40.8 Å². The fourth-order valence-corrected chi connectivity index (χ4v) is 3.87. The molecule has 2 aliphatic heterocycles. The van der Waals surface area contributed by atoms with Crippen LogP contribution in [0.1, 0.15) is 21.5 Å². The lowest BCUT2D eigenvalue weighted by atomic mass is 9.90. The largest absolute Gasteiger partial charge is 0.311 e. The molecule has 6 heteroatoms. The number of hydrogen-bond acceptors (Lipinski definition) is 4. The van der Waals surface area contributed by atoms with E-state index in [4.69, 9.17) is 0 Å². The Labute approximate surface area is 133 Å². The molecule has 0 bridgehead atoms. The Balaban J connectivity index is 2.02. The molecular weight excluding hydrogens is 294 g/mol. The molecule has 0 spiro atoms. The third kappa shape index (κ3) is 1.64. The van der Waals surface area contributed by atoms with E-state index in [1.807, 2.05) is 42.3 Å². The van der Waals surface area contributed by atoms with Crippen LogP contribution in [0.25, 0.3) is 0 Å². The Bertz CT molecular complexity index is 835. The maximum atomic E-state index is 12.8. The van der Waals surface area contributed by atoms with E-state index in [2.05, 4.69) is 4.90 Å². The third-order valence-corrected chi connectivity index (χ3v) is 4.84. The van der Waals surface area contributed by atoms with Gasteiger partial charge in [0.05, 0.1) is 4.92 Å². The first kappa shape index (κ1) is 13.9. The molecule has 1 unspecified atom stereocenters. The van der Waals surface area contributed by atoms with Crippen molar-refractivity contribution in [1.29, 1.82) is 0 Å². The van der Waals surface area contributed by atoms with E-state index in [-0.39, 0.29) is 11.6 Å². The number of benzene rings is 2. The molecule has 4 rings (SSSR count). The Hall–Kier alpha value is -2.73. The first-order chi connectivity index (χ1) is 11.1. The Kier molecular flexibility index (Phi) is 2.80. The van der Waals surface area contributed by atoms with Crippen molar-refractivity contribution in [3.05, 3.63) is 75.3 Å². The average Bonchev–Trinajstić information content (AvgIpc) is 3.04. The van der Waals surface area contributed by atoms with Gasteiger partial charge >= 0.3 is 0 Å². The highest BCUT2D eigenvalue weighted by atomic mass is 16.6. The van der Waals surface area contributed by atoms with Gasteiger partial charge in [-0.3, -0.25) is 19.8 Å². The van der Waals surface area contributed by atoms with Gasteiger partial charge in [0.1, 0.15) is 5.66 Å². The molecule has 2 heterocycles. The molecule has 0 aliphatic carbocycles. The molecule has 1 atom stereocenters. The molecular formula is C17H15N3O3. The van der Waals surface area contributed by atoms with Crippen molar-refractivity contribution < 1.29 is 9.72 Å². The number of non-ortho nitro benzene ring substituents is 1. The predicted octanol–water partition coefficient (Wildman–Crippen LogP) is 2.20. The van der Waals surface area contributed by atoms with Crippen molar-refractivity contribution in [2.24, 2.45) is 0 Å². The second-order valence-electron chi connectivity index (χ2n) is 5.90. The maximum absolute atomic E-state index is 12.8. The van der Waals surface area contributed by atoms with E-state index in [0.29, 0.717) is 12.1 Å². The summed E-state index contributed by atoms with van der Waals surface area (Å²) in [5.74, 6) is -0.0172. The lowest BCUT2D eigenvalue weighted by Gasteiger charge is -2.38. The smallest absolute Gasteiger partial charge is 0.269 e. The van der Waals surface area contributed by atoms with Crippen molar-refractivity contribution in [2.75, 3.05) is 20.1 Å². The lowest BCUT2D eigenvalue weighted by molar-refractivity contribution is -0.385. The molecule has 23 heavy (non-hydrogen) atoms. The van der Waals surface area contributed by atoms with Crippen LogP contribution < -0.4 is 0 Å². The highest BCUT2D eigenvalue weighted by Gasteiger charge is 2.56. The van der Waals surface area contributed by atoms with Crippen LogP contribution >= 0.6 is 0 Å². The van der Waals surface area contributed by atoms with Gasteiger partial charge in [0.15, 0.2) is 0 Å². The van der Waals surface area contributed by atoms with E-state index >= 15 is 0 Å². The zero-order valence-corrected chi connectivity index (χ0v) is 12.6. The summed E-state index contributed by atoms with van der Waals surface area (Å²) in [5, 5.41) is 11.2. The number of carbonyl (C=O) groups is 1. The predicted molar refractivity (Wildman–Crippen MR) is 84.0 cm³/mol. The van der Waals surface area contributed by atoms with Gasteiger partial charge in [-0.15, -0.1) is 0 Å². The summed E-state index contributed by atoms with van der Waals surface area (Å²) < 4.78 is 0. The zero-order valence-electron chi connectivity index (χ0n) is 12.6. The molecule has 2 aromatic carbocycles. The third-order valence-electron chi connectivity index (χ3n) is 4.84. The van der Waals surface area contributed by atoms with Crippen LogP contribution in [0, 0.1) is 10.1 Å². The maximum Gasteiger partial charge on any atom is 0.269 e. The number of nitro benzene ring substituents is 1. The number of likely N-dealkylation sites (N-methyl/N-ethyl adjacent to an activating group) is 1. The summed E-state index contributed by atoms with van der Waals surface area (Å²) >= 11 is 0. The van der Waals surface area contributed by atoms with Gasteiger partial charge in [-0.1, -0.05) is 30.3 Å². The van der Waals surface area contributed by atoms with E-state index in [1.54, 1.807) is 12.1 Å². The van der Waals surface area contributed by atoms with Crippen LogP contribution in [0.5, 0.6) is 0 Å². The highest BCUT2D eigenvalue weighted by Crippen LogP contribution is 2.49. The normalized spacial score (nSPS) is 23.0. The Morgan fingerprint density at radius 3 is 2.70 bits per heavy atom. The van der Waals surface area contributed by atoms with Crippen molar-refractivity contribution >= 4 is 11.6 Å². The van der Waals surface area contributed by atoms with Crippen molar-refractivity contribution in [2.45, 2.75) is 5.66 Å². The Morgan fingerprint density at radius 2 is 1.91 bits per heavy atom. The van der Waals surface area contributed by atoms with Gasteiger partial charge in [0, 0.05) is 41.9 Å². The van der Waals surface area contributed by atoms with E-state index in [9.17, 15) is 14.9 Å². The van der Waals surface area contributed by atoms with Gasteiger partial charge < -0.3 is 4.90 Å². The van der Waals surface area contributed by atoms with Crippen molar-refractivity contribution in [3.63, 3.8) is 0 Å². The minimum atomic E-state index is -0.750. The van der Waals surface area contributed by atoms with Crippen LogP contribution in [-0.2, 0) is 5.66 Å². The zero-order chi connectivity index (χ0) is 16.2. The van der Waals surface area contributed by atoms with Crippen LogP contribution in [0.15, 0.2) is 48.5 Å². The van der Waals surface area contributed by atoms with Crippen LogP contribution in [0.2, 0.25) is 0 Å². The second kappa shape index (κ2) is 4.63. The SMILES string of the molecule is CN1CCN2C(=O)c3ccccc3C12c1cccc([N+](=O)[O-])c1. The molecule has 2 aromatic rings. The highest BCUT2D eigenvalue weighted by molar-refractivity contribution is 6.01. The van der Waals surface area contributed by atoms with Crippen molar-refractivity contribution in [1.82, 2.24) is 9.80 Å². The fourth-order valence-electron chi connectivity index (χ4n) is 3.87. The summed E-state index contributed by atoms with van der Waals surface area (Å²) in [6.07, 6.45) is 0. The summed E-state index contributed by atoms with van der Waals surface area (Å²) in [4.78, 5) is 27.5. The molecule has 1 amide bonds. The monoisotopic (exact) mass is 309 g/mol. The summed E-state index contributed by atoms with van der Waals surface area (Å²) in [6.45, 7) is 1.33. The van der Waals surface area contributed by atoms with Gasteiger partial charge in [0.2, 0.25) is 0 Å². The average molecular weight is 309 g/mol. The number of carbonyl (C=O) groups excluding carboxylic acids is 1. The first-order valence-electron chi connectivity index (χ1n) is 7.44. The molecule has 0 N–H and O–H groups in total. The number of nitrogens with zero attached hydrogens (tertiary/aromatic N) is 3. The molecule has 0 aromatic heterocycles. The fraction of sp³-hybridized carbons (Fsp3) is 0.235. The molecule has 116 valence electrons. The van der Waals surface area contributed by atoms with Gasteiger partial charge in [0.25, 0.3) is 11.6 Å². The number of rotatable bonds is 2. The van der Waals surface area contributed by atoms with Gasteiger partial charge in [-0.25, -0.2) is 0 Å². The number of amides is 1. The van der Waals surface area contributed by atoms with E-state index in [1.165, 1.54) is 6.07 Å². The summed E-state index contributed by atoms with van der Waals surface area (Å²) in [6, 6.07) is 14.1. The second-order valence-corrected chi connectivity index (χ2v) is 5.90. The summed E-state index contributed by atoms with van der Waals surface area (Å²) in [7, 11) is 1.95. The molecule has 0 saturated carbocycles. The quantitative estimate of drug-likeness (QED) is 0.630. The summed E-state index contributed by atoms with van der Waals surface area (Å²) in [5.41, 5.74) is 1.61. The number of nitro groups is 1. The van der Waals surface area contributed by atoms with E-state index < -0.39 is 10.6 Å². The molecule has 1 fully saturated rings. The van der Waals surface area contributed by atoms with Gasteiger partial charge in [-0.2, -0.15) is 0 Å². The van der Waals surface area contributed by atoms with Crippen LogP contribution in [0.4, 0.5) is 5.69 Å². The number of fused-ring (bicyclic) bond motifs is 3. The standard InChI is InChI=1S/C17H15N3O3/c1-18-9-10-19-16(21)14-7-2-3-8-15(14)17(18,19)12-5-4-6-13(11-12)20(22)23/h2-8,11H,9-10H2,1H3. The van der Waals surface area contributed by atoms with Crippen LogP contribution in [0.3, 0.4) is 0 Å². The minimum Gasteiger partial charge on any atom is -0.311 e. The number of hydrogen-bond donors (Lipinski definition) is 0. The van der Waals surface area contributed by atoms with Gasteiger partial charge in [-0.05, 0) is 13.1 Å². The van der Waals surface area contributed by atoms with E-state index in [0.717, 1.165) is 17.7 Å². The Morgan fingerprint density at radius 1 is 1.13 bits per heavy atom. The molecule has 2 aliphatic rings. The minimum absolute atomic E-state index is 0.0172. The molecule has 0 radical (unpaired) electrons. The van der Waals surface area contributed by atoms with Crippen molar-refractivity contribution in [3.8, 4) is 0 Å². The lowest BCUT2D eigenvalue weighted by Crippen LogP contribution is -2.47. The molecule has 6 nitrogen and oxygen atoms in total. The molecule has 1 saturated heterocycles.